The SMILES string of the molecule is CN(C)S(=O)(=O)c1ccc(Nc2ncc(Cl)c(N3CCc4nc[nH]c4CC3)n2)cc1. The summed E-state index contributed by atoms with van der Waals surface area (Å²) in [4.78, 5) is 18.8. The average molecular weight is 448 g/mol. The zero-order chi connectivity index (χ0) is 21.3. The molecule has 3 aromatic rings. The molecule has 0 atom stereocenters. The van der Waals surface area contributed by atoms with Crippen molar-refractivity contribution in [3.8, 4) is 0 Å². The van der Waals surface area contributed by atoms with Crippen LogP contribution in [0.15, 0.2) is 41.7 Å². The Kier molecular flexibility index (Phi) is 5.63. The van der Waals surface area contributed by atoms with Crippen molar-refractivity contribution in [1.82, 2.24) is 24.2 Å². The van der Waals surface area contributed by atoms with Crippen molar-refractivity contribution in [3.63, 3.8) is 0 Å². The van der Waals surface area contributed by atoms with E-state index in [2.05, 4.69) is 30.2 Å². The average Bonchev–Trinajstić information content (AvgIpc) is 3.08. The van der Waals surface area contributed by atoms with Gasteiger partial charge in [0.2, 0.25) is 16.0 Å². The monoisotopic (exact) mass is 447 g/mol. The first kappa shape index (κ1) is 20.6. The molecule has 9 nitrogen and oxygen atoms in total. The lowest BCUT2D eigenvalue weighted by molar-refractivity contribution is 0.521. The molecule has 1 aromatic carbocycles. The Hall–Kier alpha value is -2.69. The highest BCUT2D eigenvalue weighted by Crippen LogP contribution is 2.27. The quantitative estimate of drug-likeness (QED) is 0.618. The first-order valence-corrected chi connectivity index (χ1v) is 11.2. The highest BCUT2D eigenvalue weighted by Gasteiger charge is 2.20. The molecule has 0 saturated heterocycles. The van der Waals surface area contributed by atoms with Gasteiger partial charge in [0.1, 0.15) is 5.02 Å². The maximum Gasteiger partial charge on any atom is 0.242 e. The second kappa shape index (κ2) is 8.21. The maximum atomic E-state index is 12.2. The van der Waals surface area contributed by atoms with Gasteiger partial charge in [0.25, 0.3) is 0 Å². The van der Waals surface area contributed by atoms with Crippen molar-refractivity contribution >= 4 is 39.1 Å². The van der Waals surface area contributed by atoms with E-state index in [0.717, 1.165) is 37.3 Å². The topological polar surface area (TPSA) is 107 Å². The number of hydrogen-bond donors (Lipinski definition) is 2. The number of sulfonamides is 1. The molecule has 158 valence electrons. The number of anilines is 3. The normalized spacial score (nSPS) is 14.5. The van der Waals surface area contributed by atoms with E-state index in [-0.39, 0.29) is 4.90 Å². The highest BCUT2D eigenvalue weighted by molar-refractivity contribution is 7.89. The van der Waals surface area contributed by atoms with E-state index in [0.29, 0.717) is 22.5 Å². The number of nitrogens with one attached hydrogen (secondary N) is 2. The van der Waals surface area contributed by atoms with E-state index in [1.807, 2.05) is 0 Å². The van der Waals surface area contributed by atoms with Gasteiger partial charge in [-0.05, 0) is 24.3 Å². The van der Waals surface area contributed by atoms with Crippen LogP contribution in [0.3, 0.4) is 0 Å². The fourth-order valence-corrected chi connectivity index (χ4v) is 4.39. The maximum absolute atomic E-state index is 12.2. The Morgan fingerprint density at radius 2 is 1.87 bits per heavy atom. The van der Waals surface area contributed by atoms with Gasteiger partial charge in [-0.3, -0.25) is 0 Å². The zero-order valence-electron chi connectivity index (χ0n) is 16.6. The first-order valence-electron chi connectivity index (χ1n) is 9.43. The van der Waals surface area contributed by atoms with Crippen LogP contribution in [-0.2, 0) is 22.9 Å². The summed E-state index contributed by atoms with van der Waals surface area (Å²) in [5.41, 5.74) is 2.90. The molecule has 2 aromatic heterocycles. The number of halogens is 1. The van der Waals surface area contributed by atoms with Crippen LogP contribution in [0.1, 0.15) is 11.4 Å². The molecular formula is C19H22ClN7O2S. The van der Waals surface area contributed by atoms with E-state index in [1.165, 1.54) is 18.4 Å². The third kappa shape index (κ3) is 4.11. The Bertz CT molecular complexity index is 1120. The number of fused-ring (bicyclic) bond motifs is 1. The molecule has 1 aliphatic rings. The minimum atomic E-state index is -3.47. The summed E-state index contributed by atoms with van der Waals surface area (Å²) >= 11 is 6.38. The fraction of sp³-hybridized carbons (Fsp3) is 0.316. The lowest BCUT2D eigenvalue weighted by atomic mass is 10.2. The second-order valence-electron chi connectivity index (χ2n) is 7.12. The molecule has 3 heterocycles. The third-order valence-corrected chi connectivity index (χ3v) is 7.07. The molecule has 1 aliphatic heterocycles. The van der Waals surface area contributed by atoms with E-state index < -0.39 is 10.0 Å². The number of rotatable bonds is 5. The molecule has 0 bridgehead atoms. The van der Waals surface area contributed by atoms with Gasteiger partial charge >= 0.3 is 0 Å². The summed E-state index contributed by atoms with van der Waals surface area (Å²) in [5, 5.41) is 3.59. The van der Waals surface area contributed by atoms with Gasteiger partial charge in [0, 0.05) is 51.4 Å². The van der Waals surface area contributed by atoms with Crippen LogP contribution in [0.4, 0.5) is 17.5 Å². The Balaban J connectivity index is 1.52. The first-order chi connectivity index (χ1) is 14.3. The summed E-state index contributed by atoms with van der Waals surface area (Å²) in [6, 6.07) is 6.45. The van der Waals surface area contributed by atoms with E-state index in [1.54, 1.807) is 36.8 Å². The lowest BCUT2D eigenvalue weighted by Crippen LogP contribution is -2.27. The summed E-state index contributed by atoms with van der Waals surface area (Å²) in [6.45, 7) is 1.52. The van der Waals surface area contributed by atoms with Gasteiger partial charge in [-0.1, -0.05) is 11.6 Å². The minimum Gasteiger partial charge on any atom is -0.354 e. The number of H-pyrrole nitrogens is 1. The van der Waals surface area contributed by atoms with Crippen LogP contribution in [0.2, 0.25) is 5.02 Å². The molecule has 0 saturated carbocycles. The van der Waals surface area contributed by atoms with Gasteiger partial charge in [0.05, 0.1) is 23.1 Å². The number of aromatic nitrogens is 4. The fourth-order valence-electron chi connectivity index (χ4n) is 3.28. The third-order valence-electron chi connectivity index (χ3n) is 4.97. The highest BCUT2D eigenvalue weighted by atomic mass is 35.5. The Labute approximate surface area is 180 Å². The number of imidazole rings is 1. The van der Waals surface area contributed by atoms with Crippen molar-refractivity contribution in [2.75, 3.05) is 37.4 Å². The van der Waals surface area contributed by atoms with Crippen LogP contribution in [0.25, 0.3) is 0 Å². The van der Waals surface area contributed by atoms with Gasteiger partial charge in [-0.25, -0.2) is 22.7 Å². The molecule has 0 spiro atoms. The van der Waals surface area contributed by atoms with Crippen molar-refractivity contribution < 1.29 is 8.42 Å². The Morgan fingerprint density at radius 1 is 1.13 bits per heavy atom. The molecule has 0 fully saturated rings. The lowest BCUT2D eigenvalue weighted by Gasteiger charge is -2.22. The van der Waals surface area contributed by atoms with Gasteiger partial charge in [-0.15, -0.1) is 0 Å². The van der Waals surface area contributed by atoms with Crippen LogP contribution >= 0.6 is 11.6 Å². The standard InChI is InChI=1S/C19H22ClN7O2S/c1-26(2)30(28,29)14-5-3-13(4-6-14)24-19-21-11-15(20)18(25-19)27-9-7-16-17(8-10-27)23-12-22-16/h3-6,11-12H,7-10H2,1-2H3,(H,22,23)(H,21,24,25). The summed E-state index contributed by atoms with van der Waals surface area (Å²) in [5.74, 6) is 1.05. The largest absolute Gasteiger partial charge is 0.354 e. The molecule has 0 aliphatic carbocycles. The van der Waals surface area contributed by atoms with Crippen molar-refractivity contribution in [1.29, 1.82) is 0 Å². The number of nitrogens with zero attached hydrogens (tertiary/aromatic N) is 5. The zero-order valence-corrected chi connectivity index (χ0v) is 18.2. The van der Waals surface area contributed by atoms with Gasteiger partial charge in [0.15, 0.2) is 5.82 Å². The minimum absolute atomic E-state index is 0.220. The molecular weight excluding hydrogens is 426 g/mol. The van der Waals surface area contributed by atoms with Crippen molar-refractivity contribution in [2.45, 2.75) is 17.7 Å². The van der Waals surface area contributed by atoms with Crippen LogP contribution in [0.5, 0.6) is 0 Å². The van der Waals surface area contributed by atoms with E-state index in [9.17, 15) is 8.42 Å². The predicted molar refractivity (Wildman–Crippen MR) is 116 cm³/mol. The van der Waals surface area contributed by atoms with Crippen molar-refractivity contribution in [2.24, 2.45) is 0 Å². The number of aromatic amines is 1. The predicted octanol–water partition coefficient (Wildman–Crippen LogP) is 2.45. The van der Waals surface area contributed by atoms with Crippen LogP contribution < -0.4 is 10.2 Å². The van der Waals surface area contributed by atoms with E-state index >= 15 is 0 Å². The molecule has 11 heteroatoms. The van der Waals surface area contributed by atoms with Gasteiger partial charge < -0.3 is 15.2 Å². The summed E-state index contributed by atoms with van der Waals surface area (Å²) in [6.07, 6.45) is 4.94. The number of benzene rings is 1. The summed E-state index contributed by atoms with van der Waals surface area (Å²) < 4.78 is 25.6. The molecule has 0 amide bonds. The molecule has 0 unspecified atom stereocenters. The molecule has 30 heavy (non-hydrogen) atoms. The summed E-state index contributed by atoms with van der Waals surface area (Å²) in [7, 11) is -0.472. The van der Waals surface area contributed by atoms with E-state index in [4.69, 9.17) is 11.6 Å². The Morgan fingerprint density at radius 3 is 2.60 bits per heavy atom. The smallest absolute Gasteiger partial charge is 0.242 e. The second-order valence-corrected chi connectivity index (χ2v) is 9.68. The molecule has 4 rings (SSSR count). The number of hydrogen-bond acceptors (Lipinski definition) is 7. The van der Waals surface area contributed by atoms with Gasteiger partial charge in [-0.2, -0.15) is 4.98 Å². The molecule has 2 N–H and O–H groups in total. The van der Waals surface area contributed by atoms with Crippen LogP contribution in [0, 0.1) is 0 Å². The van der Waals surface area contributed by atoms with Crippen molar-refractivity contribution in [3.05, 3.63) is 53.2 Å². The van der Waals surface area contributed by atoms with Crippen LogP contribution in [-0.4, -0.2) is 59.8 Å². The molecule has 0 radical (unpaired) electrons.